The molecule has 178 valence electrons. The molecular formula is C23H45NO6. The van der Waals surface area contributed by atoms with E-state index in [-0.39, 0.29) is 25.1 Å². The fourth-order valence-electron chi connectivity index (χ4n) is 3.07. The highest BCUT2D eigenvalue weighted by Gasteiger charge is 2.51. The van der Waals surface area contributed by atoms with Gasteiger partial charge in [0.15, 0.2) is 0 Å². The molecule has 0 aliphatic carbocycles. The highest BCUT2D eigenvalue weighted by atomic mass is 16.6. The molecule has 0 saturated heterocycles. The summed E-state index contributed by atoms with van der Waals surface area (Å²) in [5.41, 5.74) is 4.32. The predicted octanol–water partition coefficient (Wildman–Crippen LogP) is 3.74. The van der Waals surface area contributed by atoms with Gasteiger partial charge in [0.2, 0.25) is 0 Å². The van der Waals surface area contributed by atoms with Gasteiger partial charge in [-0.05, 0) is 46.0 Å². The molecule has 0 aliphatic heterocycles. The fourth-order valence-corrected chi connectivity index (χ4v) is 3.07. The second-order valence-corrected chi connectivity index (χ2v) is 8.28. The van der Waals surface area contributed by atoms with Crippen LogP contribution < -0.4 is 5.73 Å². The molecule has 0 aliphatic rings. The van der Waals surface area contributed by atoms with Gasteiger partial charge in [-0.15, -0.1) is 0 Å². The Morgan fingerprint density at radius 2 is 1.70 bits per heavy atom. The van der Waals surface area contributed by atoms with E-state index in [2.05, 4.69) is 0 Å². The summed E-state index contributed by atoms with van der Waals surface area (Å²) >= 11 is 0. The Morgan fingerprint density at radius 1 is 1.03 bits per heavy atom. The van der Waals surface area contributed by atoms with Crippen LogP contribution in [0.2, 0.25) is 0 Å². The quantitative estimate of drug-likeness (QED) is 0.193. The van der Waals surface area contributed by atoms with Crippen LogP contribution in [0.15, 0.2) is 0 Å². The van der Waals surface area contributed by atoms with Crippen LogP contribution in [-0.2, 0) is 23.8 Å². The Labute approximate surface area is 183 Å². The number of aliphatic hydroxyl groups is 1. The number of ether oxygens (including phenoxy) is 3. The molecule has 0 bridgehead atoms. The summed E-state index contributed by atoms with van der Waals surface area (Å²) in [6.07, 6.45) is 4.56. The molecule has 30 heavy (non-hydrogen) atoms. The van der Waals surface area contributed by atoms with E-state index in [0.717, 1.165) is 25.7 Å². The van der Waals surface area contributed by atoms with Crippen molar-refractivity contribution in [1.29, 1.82) is 0 Å². The Balaban J connectivity index is 4.68. The molecule has 3 N–H and O–H groups in total. The summed E-state index contributed by atoms with van der Waals surface area (Å²) in [6, 6.07) is 0. The van der Waals surface area contributed by atoms with Gasteiger partial charge in [0.05, 0.1) is 12.7 Å². The van der Waals surface area contributed by atoms with Gasteiger partial charge in [-0.2, -0.15) is 0 Å². The molecule has 0 aromatic heterocycles. The first kappa shape index (κ1) is 29.0. The molecule has 0 radical (unpaired) electrons. The van der Waals surface area contributed by atoms with Crippen LogP contribution in [0.1, 0.15) is 92.9 Å². The van der Waals surface area contributed by atoms with Crippen LogP contribution in [0.25, 0.3) is 0 Å². The topological polar surface area (TPSA) is 108 Å². The van der Waals surface area contributed by atoms with E-state index in [4.69, 9.17) is 19.9 Å². The number of nitrogens with two attached hydrogens (primary N) is 1. The van der Waals surface area contributed by atoms with Crippen molar-refractivity contribution in [2.75, 3.05) is 19.8 Å². The molecule has 0 amide bonds. The molecule has 0 aromatic rings. The largest absolute Gasteiger partial charge is 0.462 e. The van der Waals surface area contributed by atoms with Crippen molar-refractivity contribution in [1.82, 2.24) is 0 Å². The highest BCUT2D eigenvalue weighted by Crippen LogP contribution is 2.38. The van der Waals surface area contributed by atoms with Gasteiger partial charge in [0.25, 0.3) is 0 Å². The van der Waals surface area contributed by atoms with Gasteiger partial charge in [0, 0.05) is 19.4 Å². The number of ketones is 1. The van der Waals surface area contributed by atoms with Crippen molar-refractivity contribution >= 4 is 11.8 Å². The molecule has 0 rings (SSSR count). The van der Waals surface area contributed by atoms with Crippen LogP contribution in [0, 0.1) is 5.41 Å². The number of rotatable bonds is 18. The second-order valence-electron chi connectivity index (χ2n) is 8.28. The summed E-state index contributed by atoms with van der Waals surface area (Å²) in [5.74, 6) is -0.207. The summed E-state index contributed by atoms with van der Waals surface area (Å²) in [6.45, 7) is 11.7. The van der Waals surface area contributed by atoms with Gasteiger partial charge in [-0.25, -0.2) is 0 Å². The summed E-state index contributed by atoms with van der Waals surface area (Å²) < 4.78 is 16.9. The fraction of sp³-hybridized carbons (Fsp3) is 0.913. The lowest BCUT2D eigenvalue weighted by Crippen LogP contribution is -2.60. The molecule has 0 spiro atoms. The Morgan fingerprint density at radius 3 is 2.23 bits per heavy atom. The number of carbonyl (C=O) groups is 2. The van der Waals surface area contributed by atoms with Crippen molar-refractivity contribution in [2.24, 2.45) is 11.1 Å². The second kappa shape index (κ2) is 14.9. The zero-order valence-corrected chi connectivity index (χ0v) is 20.0. The summed E-state index contributed by atoms with van der Waals surface area (Å²) in [4.78, 5) is 24.2. The number of hydrogen-bond donors (Lipinski definition) is 2. The number of aliphatic hydroxyl groups excluding tert-OH is 1. The van der Waals surface area contributed by atoms with Crippen molar-refractivity contribution in [3.05, 3.63) is 0 Å². The van der Waals surface area contributed by atoms with E-state index >= 15 is 0 Å². The third-order valence-electron chi connectivity index (χ3n) is 6.03. The van der Waals surface area contributed by atoms with Crippen molar-refractivity contribution in [3.8, 4) is 0 Å². The number of esters is 1. The normalized spacial score (nSPS) is 17.6. The maximum atomic E-state index is 12.9. The SMILES string of the molecule is CCC(=O)CCCCCOC(N)(CC)C(C)(CC)C(=O)OCC(O)COC(C)CC. The van der Waals surface area contributed by atoms with E-state index in [9.17, 15) is 14.7 Å². The van der Waals surface area contributed by atoms with Crippen LogP contribution in [-0.4, -0.2) is 54.6 Å². The molecule has 0 fully saturated rings. The average Bonchev–Trinajstić information content (AvgIpc) is 2.76. The van der Waals surface area contributed by atoms with E-state index in [1.807, 2.05) is 34.6 Å². The first-order chi connectivity index (χ1) is 14.1. The minimum atomic E-state index is -1.17. The van der Waals surface area contributed by atoms with E-state index in [0.29, 0.717) is 32.3 Å². The standard InChI is InChI=1S/C23H45NO6/c1-7-18(5)28-16-20(26)17-29-21(27)22(6,9-3)23(24,10-4)30-15-13-11-12-14-19(25)8-2/h18,20,26H,7-17,24H2,1-6H3. The maximum Gasteiger partial charge on any atom is 0.316 e. The first-order valence-electron chi connectivity index (χ1n) is 11.5. The van der Waals surface area contributed by atoms with E-state index in [1.165, 1.54) is 0 Å². The van der Waals surface area contributed by atoms with Crippen molar-refractivity contribution in [2.45, 2.75) is 111 Å². The first-order valence-corrected chi connectivity index (χ1v) is 11.5. The zero-order chi connectivity index (χ0) is 23.2. The highest BCUT2D eigenvalue weighted by molar-refractivity contribution is 5.78. The molecule has 4 unspecified atom stereocenters. The smallest absolute Gasteiger partial charge is 0.316 e. The monoisotopic (exact) mass is 431 g/mol. The number of carbonyl (C=O) groups excluding carboxylic acids is 2. The van der Waals surface area contributed by atoms with Crippen LogP contribution >= 0.6 is 0 Å². The van der Waals surface area contributed by atoms with Crippen LogP contribution in [0.5, 0.6) is 0 Å². The maximum absolute atomic E-state index is 12.9. The number of unbranched alkanes of at least 4 members (excludes halogenated alkanes) is 2. The Hall–Kier alpha value is -1.02. The summed E-state index contributed by atoms with van der Waals surface area (Å²) in [5, 5.41) is 10.0. The Bertz CT molecular complexity index is 500. The molecular weight excluding hydrogens is 386 g/mol. The van der Waals surface area contributed by atoms with E-state index in [1.54, 1.807) is 6.92 Å². The molecule has 0 heterocycles. The molecule has 0 saturated carbocycles. The molecule has 0 aromatic carbocycles. The van der Waals surface area contributed by atoms with Gasteiger partial charge < -0.3 is 25.1 Å². The zero-order valence-electron chi connectivity index (χ0n) is 20.0. The van der Waals surface area contributed by atoms with Gasteiger partial charge in [0.1, 0.15) is 29.6 Å². The molecule has 7 heteroatoms. The number of hydrogen-bond acceptors (Lipinski definition) is 7. The van der Waals surface area contributed by atoms with E-state index < -0.39 is 23.2 Å². The average molecular weight is 432 g/mol. The lowest BCUT2D eigenvalue weighted by molar-refractivity contribution is -0.188. The minimum Gasteiger partial charge on any atom is -0.462 e. The molecule has 7 nitrogen and oxygen atoms in total. The van der Waals surface area contributed by atoms with Crippen LogP contribution in [0.3, 0.4) is 0 Å². The lowest BCUT2D eigenvalue weighted by atomic mass is 9.75. The third-order valence-corrected chi connectivity index (χ3v) is 6.03. The number of Topliss-reactive ketones (excluding diaryl/α,β-unsaturated/α-hetero) is 1. The molecule has 4 atom stereocenters. The van der Waals surface area contributed by atoms with Crippen LogP contribution in [0.4, 0.5) is 0 Å². The summed E-state index contributed by atoms with van der Waals surface area (Å²) in [7, 11) is 0. The Kier molecular flexibility index (Phi) is 14.4. The van der Waals surface area contributed by atoms with Gasteiger partial charge in [-0.1, -0.05) is 34.1 Å². The van der Waals surface area contributed by atoms with Gasteiger partial charge >= 0.3 is 5.97 Å². The predicted molar refractivity (Wildman–Crippen MR) is 118 cm³/mol. The minimum absolute atomic E-state index is 0.0431. The lowest BCUT2D eigenvalue weighted by Gasteiger charge is -2.43. The third kappa shape index (κ3) is 9.41. The van der Waals surface area contributed by atoms with Crippen molar-refractivity contribution < 1.29 is 28.9 Å². The van der Waals surface area contributed by atoms with Crippen molar-refractivity contribution in [3.63, 3.8) is 0 Å². The van der Waals surface area contributed by atoms with Gasteiger partial charge in [-0.3, -0.25) is 9.59 Å².